The van der Waals surface area contributed by atoms with E-state index in [0.29, 0.717) is 19.4 Å². The van der Waals surface area contributed by atoms with Crippen LogP contribution in [0.5, 0.6) is 0 Å². The van der Waals surface area contributed by atoms with Gasteiger partial charge in [-0.15, -0.1) is 0 Å². The highest BCUT2D eigenvalue weighted by molar-refractivity contribution is 5.69. The minimum Gasteiger partial charge on any atom is -0.463 e. The highest BCUT2D eigenvalue weighted by atomic mass is 16.7. The van der Waals surface area contributed by atoms with Crippen molar-refractivity contribution in [2.45, 2.75) is 63.3 Å². The Kier molecular flexibility index (Phi) is 9.61. The third kappa shape index (κ3) is 6.33. The van der Waals surface area contributed by atoms with Crippen LogP contribution in [0.25, 0.3) is 0 Å². The minimum atomic E-state index is -1.23. The van der Waals surface area contributed by atoms with Gasteiger partial charge >= 0.3 is 5.97 Å². The lowest BCUT2D eigenvalue weighted by Gasteiger charge is -2.41. The van der Waals surface area contributed by atoms with E-state index in [1.54, 1.807) is 6.92 Å². The van der Waals surface area contributed by atoms with E-state index < -0.39 is 30.7 Å². The summed E-state index contributed by atoms with van der Waals surface area (Å²) >= 11 is 0. The monoisotopic (exact) mass is 336 g/mol. The van der Waals surface area contributed by atoms with Crippen LogP contribution in [-0.4, -0.2) is 78.9 Å². The van der Waals surface area contributed by atoms with Crippen LogP contribution in [-0.2, 0) is 23.7 Å². The van der Waals surface area contributed by atoms with Gasteiger partial charge in [0.15, 0.2) is 6.29 Å². The fraction of sp³-hybridized carbons (Fsp3) is 0.933. The Morgan fingerprint density at radius 3 is 2.52 bits per heavy atom. The maximum absolute atomic E-state index is 11.7. The van der Waals surface area contributed by atoms with Gasteiger partial charge in [0, 0.05) is 26.7 Å². The lowest BCUT2D eigenvalue weighted by atomic mass is 9.99. The van der Waals surface area contributed by atoms with Crippen molar-refractivity contribution in [3.8, 4) is 0 Å². The average Bonchev–Trinajstić information content (AvgIpc) is 2.54. The summed E-state index contributed by atoms with van der Waals surface area (Å²) in [5.41, 5.74) is 0. The molecule has 136 valence electrons. The van der Waals surface area contributed by atoms with Crippen molar-refractivity contribution < 1.29 is 39.1 Å². The highest BCUT2D eigenvalue weighted by Gasteiger charge is 2.45. The van der Waals surface area contributed by atoms with Crippen molar-refractivity contribution in [1.82, 2.24) is 0 Å². The number of esters is 1. The van der Waals surface area contributed by atoms with Gasteiger partial charge in [-0.3, -0.25) is 4.79 Å². The van der Waals surface area contributed by atoms with Gasteiger partial charge in [-0.05, 0) is 19.8 Å². The molecule has 0 spiro atoms. The summed E-state index contributed by atoms with van der Waals surface area (Å²) in [6.45, 7) is 2.07. The largest absolute Gasteiger partial charge is 0.463 e. The number of methoxy groups -OCH3 is 1. The van der Waals surface area contributed by atoms with Gasteiger partial charge in [0.1, 0.15) is 31.0 Å². The second-order valence-electron chi connectivity index (χ2n) is 5.40. The third-order valence-electron chi connectivity index (χ3n) is 3.69. The van der Waals surface area contributed by atoms with Crippen molar-refractivity contribution in [3.63, 3.8) is 0 Å². The third-order valence-corrected chi connectivity index (χ3v) is 3.69. The van der Waals surface area contributed by atoms with Crippen molar-refractivity contribution in [1.29, 1.82) is 0 Å². The van der Waals surface area contributed by atoms with Crippen molar-refractivity contribution >= 4 is 5.97 Å². The number of rotatable bonds is 10. The van der Waals surface area contributed by atoms with E-state index >= 15 is 0 Å². The number of aliphatic hydroxyl groups excluding tert-OH is 3. The number of aliphatic hydroxyl groups is 3. The fourth-order valence-electron chi connectivity index (χ4n) is 2.44. The molecule has 1 saturated heterocycles. The first-order valence-corrected chi connectivity index (χ1v) is 7.97. The summed E-state index contributed by atoms with van der Waals surface area (Å²) in [5, 5.41) is 28.7. The Morgan fingerprint density at radius 2 is 1.91 bits per heavy atom. The van der Waals surface area contributed by atoms with Crippen LogP contribution in [0.1, 0.15) is 32.6 Å². The Hall–Kier alpha value is -0.770. The van der Waals surface area contributed by atoms with Crippen LogP contribution >= 0.6 is 0 Å². The summed E-state index contributed by atoms with van der Waals surface area (Å²) in [7, 11) is 1.38. The molecule has 5 unspecified atom stereocenters. The lowest BCUT2D eigenvalue weighted by molar-refractivity contribution is -0.304. The number of hydrogen-bond donors (Lipinski definition) is 3. The number of carbonyl (C=O) groups excluding carboxylic acids is 1. The molecular formula is C15H28O8. The smallest absolute Gasteiger partial charge is 0.305 e. The molecule has 1 aliphatic rings. The second-order valence-corrected chi connectivity index (χ2v) is 5.40. The summed E-state index contributed by atoms with van der Waals surface area (Å²) in [6.07, 6.45) is -2.65. The molecule has 1 rings (SSSR count). The first-order valence-electron chi connectivity index (χ1n) is 7.97. The number of ether oxygens (including phenoxy) is 4. The van der Waals surface area contributed by atoms with E-state index in [0.717, 1.165) is 6.42 Å². The normalized spacial score (nSPS) is 31.1. The Labute approximate surface area is 136 Å². The summed E-state index contributed by atoms with van der Waals surface area (Å²) in [4.78, 5) is 11.7. The van der Waals surface area contributed by atoms with Gasteiger partial charge in [-0.1, -0.05) is 6.42 Å². The first-order chi connectivity index (χ1) is 11.0. The predicted molar refractivity (Wildman–Crippen MR) is 79.6 cm³/mol. The topological polar surface area (TPSA) is 115 Å². The van der Waals surface area contributed by atoms with Crippen molar-refractivity contribution in [2.75, 3.05) is 26.9 Å². The standard InChI is InChI=1S/C15H28O8/c1-3-21-15-13(19)12(18)14(20-2)10(23-15)9-22-11(17)7-5-4-6-8-16/h10,12-16,18-19H,3-9H2,1-2H3. The number of hydrogen-bond acceptors (Lipinski definition) is 8. The van der Waals surface area contributed by atoms with Gasteiger partial charge < -0.3 is 34.3 Å². The Morgan fingerprint density at radius 1 is 1.17 bits per heavy atom. The molecule has 1 fully saturated rings. The molecule has 1 aliphatic heterocycles. The second kappa shape index (κ2) is 10.9. The van der Waals surface area contributed by atoms with E-state index in [1.165, 1.54) is 7.11 Å². The van der Waals surface area contributed by atoms with Gasteiger partial charge in [0.05, 0.1) is 0 Å². The molecule has 1 heterocycles. The molecule has 3 N–H and O–H groups in total. The van der Waals surface area contributed by atoms with Gasteiger partial charge in [0.2, 0.25) is 0 Å². The highest BCUT2D eigenvalue weighted by Crippen LogP contribution is 2.24. The molecule has 0 aromatic heterocycles. The molecular weight excluding hydrogens is 308 g/mol. The molecule has 23 heavy (non-hydrogen) atoms. The molecule has 8 heteroatoms. The molecule has 0 aromatic rings. The maximum atomic E-state index is 11.7. The van der Waals surface area contributed by atoms with E-state index in [-0.39, 0.29) is 25.6 Å². The zero-order valence-electron chi connectivity index (χ0n) is 13.7. The van der Waals surface area contributed by atoms with Crippen LogP contribution in [0.4, 0.5) is 0 Å². The van der Waals surface area contributed by atoms with Gasteiger partial charge in [-0.2, -0.15) is 0 Å². The summed E-state index contributed by atoms with van der Waals surface area (Å²) in [6, 6.07) is 0. The quantitative estimate of drug-likeness (QED) is 0.364. The minimum absolute atomic E-state index is 0.0926. The van der Waals surface area contributed by atoms with Crippen LogP contribution < -0.4 is 0 Å². The Bertz CT molecular complexity index is 335. The van der Waals surface area contributed by atoms with E-state index in [2.05, 4.69) is 0 Å². The molecule has 0 bridgehead atoms. The van der Waals surface area contributed by atoms with Crippen LogP contribution in [0, 0.1) is 0 Å². The van der Waals surface area contributed by atoms with E-state index in [9.17, 15) is 15.0 Å². The first kappa shape index (κ1) is 20.3. The SMILES string of the molecule is CCOC1OC(COC(=O)CCCCCO)C(OC)C(O)C1O. The molecule has 0 saturated carbocycles. The molecule has 0 aromatic carbocycles. The van der Waals surface area contributed by atoms with E-state index in [1.807, 2.05) is 0 Å². The van der Waals surface area contributed by atoms with Crippen LogP contribution in [0.15, 0.2) is 0 Å². The van der Waals surface area contributed by atoms with Crippen molar-refractivity contribution in [3.05, 3.63) is 0 Å². The maximum Gasteiger partial charge on any atom is 0.305 e. The van der Waals surface area contributed by atoms with Crippen LogP contribution in [0.3, 0.4) is 0 Å². The zero-order chi connectivity index (χ0) is 17.2. The van der Waals surface area contributed by atoms with E-state index in [4.69, 9.17) is 24.1 Å². The molecule has 0 amide bonds. The average molecular weight is 336 g/mol. The fourth-order valence-corrected chi connectivity index (χ4v) is 2.44. The number of carbonyl (C=O) groups is 1. The lowest BCUT2D eigenvalue weighted by Crippen LogP contribution is -2.60. The molecule has 0 radical (unpaired) electrons. The summed E-state index contributed by atoms with van der Waals surface area (Å²) < 4.78 is 21.1. The van der Waals surface area contributed by atoms with Crippen LogP contribution in [0.2, 0.25) is 0 Å². The number of unbranched alkanes of at least 4 members (excludes halogenated alkanes) is 2. The summed E-state index contributed by atoms with van der Waals surface area (Å²) in [5.74, 6) is -0.380. The van der Waals surface area contributed by atoms with Crippen molar-refractivity contribution in [2.24, 2.45) is 0 Å². The molecule has 8 nitrogen and oxygen atoms in total. The Balaban J connectivity index is 2.46. The molecule has 0 aliphatic carbocycles. The zero-order valence-corrected chi connectivity index (χ0v) is 13.7. The van der Waals surface area contributed by atoms with Gasteiger partial charge in [-0.25, -0.2) is 0 Å². The predicted octanol–water partition coefficient (Wildman–Crippen LogP) is -0.419. The molecule has 5 atom stereocenters. The van der Waals surface area contributed by atoms with Gasteiger partial charge in [0.25, 0.3) is 0 Å².